The third-order valence-electron chi connectivity index (χ3n) is 3.35. The zero-order valence-electron chi connectivity index (χ0n) is 12.6. The molecule has 1 aliphatic rings. The molecule has 124 valence electrons. The van der Waals surface area contributed by atoms with Gasteiger partial charge >= 0.3 is 6.03 Å². The van der Waals surface area contributed by atoms with Gasteiger partial charge in [-0.25, -0.2) is 4.79 Å². The van der Waals surface area contributed by atoms with E-state index >= 15 is 0 Å². The Balaban J connectivity index is 1.82. The molecule has 6 nitrogen and oxygen atoms in total. The van der Waals surface area contributed by atoms with Crippen molar-refractivity contribution in [1.82, 2.24) is 4.90 Å². The third kappa shape index (κ3) is 3.72. The van der Waals surface area contributed by atoms with Crippen molar-refractivity contribution in [3.8, 4) is 5.75 Å². The molecular formula is C17H15ClN2O4. The largest absolute Gasteiger partial charge is 0.506 e. The number of ether oxygens (including phenoxy) is 2. The highest BCUT2D eigenvalue weighted by Gasteiger charge is 2.24. The zero-order chi connectivity index (χ0) is 16.9. The van der Waals surface area contributed by atoms with Crippen molar-refractivity contribution in [2.75, 3.05) is 12.1 Å². The number of urea groups is 1. The van der Waals surface area contributed by atoms with E-state index in [1.165, 1.54) is 29.4 Å². The predicted octanol–water partition coefficient (Wildman–Crippen LogP) is 3.88. The Labute approximate surface area is 143 Å². The maximum Gasteiger partial charge on any atom is 0.329 e. The molecule has 7 heteroatoms. The Bertz CT molecular complexity index is 764. The highest BCUT2D eigenvalue weighted by atomic mass is 35.5. The molecule has 0 unspecified atom stereocenters. The van der Waals surface area contributed by atoms with Gasteiger partial charge in [0.25, 0.3) is 0 Å². The van der Waals surface area contributed by atoms with Crippen LogP contribution in [0.5, 0.6) is 5.75 Å². The molecule has 0 bridgehead atoms. The van der Waals surface area contributed by atoms with E-state index in [9.17, 15) is 9.90 Å². The number of halogens is 1. The van der Waals surface area contributed by atoms with Gasteiger partial charge in [0.05, 0.1) is 12.2 Å². The van der Waals surface area contributed by atoms with Gasteiger partial charge < -0.3 is 19.9 Å². The summed E-state index contributed by atoms with van der Waals surface area (Å²) in [4.78, 5) is 14.0. The molecular weight excluding hydrogens is 332 g/mol. The topological polar surface area (TPSA) is 71.0 Å². The summed E-state index contributed by atoms with van der Waals surface area (Å²) in [6, 6.07) is 13.4. The molecule has 24 heavy (non-hydrogen) atoms. The number of aromatic hydroxyl groups is 1. The monoisotopic (exact) mass is 346 g/mol. The summed E-state index contributed by atoms with van der Waals surface area (Å²) in [5, 5.41) is 12.9. The second kappa shape index (κ2) is 7.14. The number of hydrogen-bond acceptors (Lipinski definition) is 4. The molecule has 2 N–H and O–H groups in total. The molecule has 0 saturated carbocycles. The fraction of sp³-hybridized carbons (Fsp3) is 0.118. The van der Waals surface area contributed by atoms with Crippen LogP contribution < -0.4 is 5.32 Å². The number of phenolic OH excluding ortho intramolecular Hbond substituents is 1. The van der Waals surface area contributed by atoms with E-state index in [1.807, 2.05) is 30.3 Å². The van der Waals surface area contributed by atoms with Crippen LogP contribution >= 0.6 is 11.6 Å². The minimum absolute atomic E-state index is 0.0519. The first kappa shape index (κ1) is 16.0. The second-order valence-corrected chi connectivity index (χ2v) is 5.48. The van der Waals surface area contributed by atoms with Crippen molar-refractivity contribution in [3.63, 3.8) is 0 Å². The van der Waals surface area contributed by atoms with Crippen molar-refractivity contribution in [2.45, 2.75) is 6.54 Å². The predicted molar refractivity (Wildman–Crippen MR) is 89.2 cm³/mol. The number of carbonyl (C=O) groups excluding carboxylic acids is 1. The van der Waals surface area contributed by atoms with Crippen molar-refractivity contribution in [2.24, 2.45) is 0 Å². The van der Waals surface area contributed by atoms with Gasteiger partial charge in [0.1, 0.15) is 12.0 Å². The molecule has 1 heterocycles. The maximum absolute atomic E-state index is 12.7. The van der Waals surface area contributed by atoms with Gasteiger partial charge in [0, 0.05) is 5.02 Å². The summed E-state index contributed by atoms with van der Waals surface area (Å²) in [5.41, 5.74) is 1.13. The van der Waals surface area contributed by atoms with E-state index in [4.69, 9.17) is 21.1 Å². The standard InChI is InChI=1S/C17H15ClN2O4/c18-13-6-7-15(21)14(8-13)19-17(22)20(16-10-23-11-24-16)9-12-4-2-1-3-5-12/h1-8,10,21H,9,11H2,(H,19,22). The Morgan fingerprint density at radius 2 is 2.04 bits per heavy atom. The first-order valence-corrected chi connectivity index (χ1v) is 7.57. The van der Waals surface area contributed by atoms with Crippen LogP contribution in [0.2, 0.25) is 5.02 Å². The summed E-state index contributed by atoms with van der Waals surface area (Å²) in [6.45, 7) is 0.333. The molecule has 2 aromatic carbocycles. The van der Waals surface area contributed by atoms with Gasteiger partial charge in [-0.3, -0.25) is 4.90 Å². The van der Waals surface area contributed by atoms with E-state index < -0.39 is 6.03 Å². The van der Waals surface area contributed by atoms with Gasteiger partial charge in [-0.05, 0) is 23.8 Å². The molecule has 2 aromatic rings. The van der Waals surface area contributed by atoms with Gasteiger partial charge in [-0.1, -0.05) is 41.9 Å². The minimum atomic E-state index is -0.479. The lowest BCUT2D eigenvalue weighted by Crippen LogP contribution is -2.34. The lowest BCUT2D eigenvalue weighted by molar-refractivity contribution is 0.0554. The van der Waals surface area contributed by atoms with Crippen LogP contribution in [0.3, 0.4) is 0 Å². The molecule has 1 aliphatic heterocycles. The van der Waals surface area contributed by atoms with Crippen molar-refractivity contribution in [3.05, 3.63) is 71.3 Å². The fourth-order valence-electron chi connectivity index (χ4n) is 2.18. The summed E-state index contributed by atoms with van der Waals surface area (Å²) in [7, 11) is 0. The van der Waals surface area contributed by atoms with E-state index in [2.05, 4.69) is 5.32 Å². The van der Waals surface area contributed by atoms with Crippen LogP contribution in [0.1, 0.15) is 5.56 Å². The molecule has 3 rings (SSSR count). The second-order valence-electron chi connectivity index (χ2n) is 5.05. The van der Waals surface area contributed by atoms with Crippen molar-refractivity contribution in [1.29, 1.82) is 0 Å². The first-order valence-electron chi connectivity index (χ1n) is 7.19. The molecule has 0 aliphatic carbocycles. The lowest BCUT2D eigenvalue weighted by atomic mass is 10.2. The summed E-state index contributed by atoms with van der Waals surface area (Å²) >= 11 is 5.90. The van der Waals surface area contributed by atoms with Crippen LogP contribution in [0.15, 0.2) is 60.7 Å². The Morgan fingerprint density at radius 1 is 1.25 bits per heavy atom. The molecule has 0 atom stereocenters. The zero-order valence-corrected chi connectivity index (χ0v) is 13.4. The third-order valence-corrected chi connectivity index (χ3v) is 3.59. The van der Waals surface area contributed by atoms with Gasteiger partial charge in [0.2, 0.25) is 12.7 Å². The number of phenols is 1. The SMILES string of the molecule is O=C(Nc1cc(Cl)ccc1O)N(Cc1ccccc1)C1=COCO1. The summed E-state index contributed by atoms with van der Waals surface area (Å²) in [6.07, 6.45) is 1.38. The van der Waals surface area contributed by atoms with Gasteiger partial charge in [0.15, 0.2) is 0 Å². The normalized spacial score (nSPS) is 12.8. The summed E-state index contributed by atoms with van der Waals surface area (Å²) in [5.74, 6) is 0.211. The van der Waals surface area contributed by atoms with E-state index in [1.54, 1.807) is 0 Å². The number of amides is 2. The number of anilines is 1. The fourth-order valence-corrected chi connectivity index (χ4v) is 2.35. The number of nitrogens with one attached hydrogen (secondary N) is 1. The molecule has 0 spiro atoms. The molecule has 2 amide bonds. The molecule has 0 fully saturated rings. The van der Waals surface area contributed by atoms with E-state index in [-0.39, 0.29) is 30.7 Å². The Kier molecular flexibility index (Phi) is 4.77. The highest BCUT2D eigenvalue weighted by Crippen LogP contribution is 2.27. The van der Waals surface area contributed by atoms with E-state index in [0.29, 0.717) is 5.02 Å². The number of benzene rings is 2. The molecule has 0 aromatic heterocycles. The van der Waals surface area contributed by atoms with Crippen molar-refractivity contribution >= 4 is 23.3 Å². The number of hydrogen-bond donors (Lipinski definition) is 2. The van der Waals surface area contributed by atoms with Crippen LogP contribution in [0.4, 0.5) is 10.5 Å². The number of nitrogens with zero attached hydrogens (tertiary/aromatic N) is 1. The highest BCUT2D eigenvalue weighted by molar-refractivity contribution is 6.31. The van der Waals surface area contributed by atoms with Gasteiger partial charge in [-0.15, -0.1) is 0 Å². The number of rotatable bonds is 4. The quantitative estimate of drug-likeness (QED) is 0.824. The Morgan fingerprint density at radius 3 is 2.75 bits per heavy atom. The lowest BCUT2D eigenvalue weighted by Gasteiger charge is -2.22. The Hall–Kier alpha value is -2.86. The minimum Gasteiger partial charge on any atom is -0.506 e. The van der Waals surface area contributed by atoms with Crippen LogP contribution in [-0.2, 0) is 16.0 Å². The van der Waals surface area contributed by atoms with Crippen molar-refractivity contribution < 1.29 is 19.4 Å². The van der Waals surface area contributed by atoms with Crippen LogP contribution in [-0.4, -0.2) is 22.8 Å². The average molecular weight is 347 g/mol. The first-order chi connectivity index (χ1) is 11.6. The maximum atomic E-state index is 12.7. The summed E-state index contributed by atoms with van der Waals surface area (Å²) < 4.78 is 10.4. The van der Waals surface area contributed by atoms with Crippen LogP contribution in [0.25, 0.3) is 0 Å². The smallest absolute Gasteiger partial charge is 0.329 e. The van der Waals surface area contributed by atoms with E-state index in [0.717, 1.165) is 5.56 Å². The van der Waals surface area contributed by atoms with Gasteiger partial charge in [-0.2, -0.15) is 0 Å². The molecule has 0 radical (unpaired) electrons. The van der Waals surface area contributed by atoms with Crippen LogP contribution in [0, 0.1) is 0 Å². The average Bonchev–Trinajstić information content (AvgIpc) is 3.11. The number of carbonyl (C=O) groups is 1. The molecule has 0 saturated heterocycles.